The summed E-state index contributed by atoms with van der Waals surface area (Å²) in [5, 5.41) is 13.3. The number of fused-ring (bicyclic) bond motifs is 1. The molecule has 3 rings (SSSR count). The van der Waals surface area contributed by atoms with Crippen LogP contribution in [0.4, 0.5) is 0 Å². The van der Waals surface area contributed by atoms with Gasteiger partial charge in [0.2, 0.25) is 6.54 Å². The molecule has 0 bridgehead atoms. The molecule has 0 N–H and O–H groups in total. The highest BCUT2D eigenvalue weighted by atomic mass is 16.6. The summed E-state index contributed by atoms with van der Waals surface area (Å²) in [7, 11) is 0. The molecule has 0 amide bonds. The molecule has 0 radical (unpaired) electrons. The third kappa shape index (κ3) is 2.92. The third-order valence-corrected chi connectivity index (χ3v) is 3.71. The predicted molar refractivity (Wildman–Crippen MR) is 84.1 cm³/mol. The molecule has 0 saturated heterocycles. The minimum Gasteiger partial charge on any atom is -0.265 e. The smallest absolute Gasteiger partial charge is 0.214 e. The first-order chi connectivity index (χ1) is 10.2. The first-order valence-electron chi connectivity index (χ1n) is 6.89. The summed E-state index contributed by atoms with van der Waals surface area (Å²) < 4.78 is 0. The van der Waals surface area contributed by atoms with Crippen LogP contribution in [0.2, 0.25) is 0 Å². The van der Waals surface area contributed by atoms with Gasteiger partial charge in [-0.25, -0.2) is 0 Å². The molecule has 0 unspecified atom stereocenters. The number of nitro groups is 1. The van der Waals surface area contributed by atoms with Crippen LogP contribution in [0.25, 0.3) is 10.8 Å². The van der Waals surface area contributed by atoms with Crippen molar-refractivity contribution >= 4 is 10.8 Å². The Morgan fingerprint density at radius 1 is 0.810 bits per heavy atom. The fraction of sp³-hybridized carbons (Fsp3) is 0.111. The molecule has 0 aliphatic rings. The summed E-state index contributed by atoms with van der Waals surface area (Å²) in [6, 6.07) is 23.8. The van der Waals surface area contributed by atoms with Crippen LogP contribution in [0.3, 0.4) is 0 Å². The Morgan fingerprint density at radius 3 is 2.19 bits per heavy atom. The van der Waals surface area contributed by atoms with E-state index in [9.17, 15) is 10.1 Å². The van der Waals surface area contributed by atoms with Crippen molar-refractivity contribution in [2.45, 2.75) is 5.92 Å². The largest absolute Gasteiger partial charge is 0.265 e. The van der Waals surface area contributed by atoms with Gasteiger partial charge < -0.3 is 0 Å². The Labute approximate surface area is 123 Å². The summed E-state index contributed by atoms with van der Waals surface area (Å²) in [5.41, 5.74) is 1.96. The molecule has 3 nitrogen and oxygen atoms in total. The molecule has 3 heteroatoms. The van der Waals surface area contributed by atoms with Crippen LogP contribution in [-0.2, 0) is 0 Å². The SMILES string of the molecule is O=[N+]([O-])C[C@@H](c1ccccc1)c1ccc2ccccc2c1. The van der Waals surface area contributed by atoms with Crippen LogP contribution in [0, 0.1) is 10.1 Å². The highest BCUT2D eigenvalue weighted by Gasteiger charge is 2.20. The average molecular weight is 277 g/mol. The summed E-state index contributed by atoms with van der Waals surface area (Å²) >= 11 is 0. The van der Waals surface area contributed by atoms with Crippen molar-refractivity contribution in [3.8, 4) is 0 Å². The van der Waals surface area contributed by atoms with E-state index in [2.05, 4.69) is 6.07 Å². The van der Waals surface area contributed by atoms with E-state index in [4.69, 9.17) is 0 Å². The lowest BCUT2D eigenvalue weighted by Crippen LogP contribution is -2.13. The monoisotopic (exact) mass is 277 g/mol. The first kappa shape index (κ1) is 13.3. The molecule has 0 fully saturated rings. The van der Waals surface area contributed by atoms with Crippen molar-refractivity contribution in [1.82, 2.24) is 0 Å². The zero-order chi connectivity index (χ0) is 14.7. The number of hydrogen-bond acceptors (Lipinski definition) is 2. The van der Waals surface area contributed by atoms with E-state index in [-0.39, 0.29) is 17.4 Å². The molecule has 0 aliphatic heterocycles. The van der Waals surface area contributed by atoms with Crippen molar-refractivity contribution in [2.24, 2.45) is 0 Å². The lowest BCUT2D eigenvalue weighted by molar-refractivity contribution is -0.481. The highest BCUT2D eigenvalue weighted by molar-refractivity contribution is 5.83. The zero-order valence-corrected chi connectivity index (χ0v) is 11.5. The normalized spacial score (nSPS) is 12.2. The van der Waals surface area contributed by atoms with Crippen LogP contribution >= 0.6 is 0 Å². The van der Waals surface area contributed by atoms with Crippen LogP contribution in [0.5, 0.6) is 0 Å². The van der Waals surface area contributed by atoms with Gasteiger partial charge in [-0.15, -0.1) is 0 Å². The highest BCUT2D eigenvalue weighted by Crippen LogP contribution is 2.27. The molecule has 104 valence electrons. The lowest BCUT2D eigenvalue weighted by Gasteiger charge is -2.14. The minimum absolute atomic E-state index is 0.0949. The number of benzene rings is 3. The van der Waals surface area contributed by atoms with Gasteiger partial charge in [-0.3, -0.25) is 10.1 Å². The van der Waals surface area contributed by atoms with Gasteiger partial charge in [0.15, 0.2) is 0 Å². The number of hydrogen-bond donors (Lipinski definition) is 0. The Bertz CT molecular complexity index is 768. The van der Waals surface area contributed by atoms with Crippen molar-refractivity contribution in [1.29, 1.82) is 0 Å². The maximum absolute atomic E-state index is 11.0. The zero-order valence-electron chi connectivity index (χ0n) is 11.5. The van der Waals surface area contributed by atoms with Gasteiger partial charge in [0.05, 0.1) is 5.92 Å². The van der Waals surface area contributed by atoms with Crippen molar-refractivity contribution in [3.63, 3.8) is 0 Å². The number of rotatable bonds is 4. The molecule has 0 heterocycles. The van der Waals surface area contributed by atoms with Gasteiger partial charge >= 0.3 is 0 Å². The van der Waals surface area contributed by atoms with Gasteiger partial charge in [0.1, 0.15) is 0 Å². The molecular weight excluding hydrogens is 262 g/mol. The fourth-order valence-electron chi connectivity index (χ4n) is 2.66. The van der Waals surface area contributed by atoms with Gasteiger partial charge in [0.25, 0.3) is 0 Å². The Hall–Kier alpha value is -2.68. The Balaban J connectivity index is 2.07. The van der Waals surface area contributed by atoms with Gasteiger partial charge in [-0.05, 0) is 21.9 Å². The van der Waals surface area contributed by atoms with E-state index in [1.807, 2.05) is 66.7 Å². The third-order valence-electron chi connectivity index (χ3n) is 3.71. The van der Waals surface area contributed by atoms with Crippen molar-refractivity contribution in [3.05, 3.63) is 94.0 Å². The molecular formula is C18H15NO2. The lowest BCUT2D eigenvalue weighted by atomic mass is 9.90. The van der Waals surface area contributed by atoms with E-state index in [0.29, 0.717) is 0 Å². The first-order valence-corrected chi connectivity index (χ1v) is 6.89. The number of nitrogens with zero attached hydrogens (tertiary/aromatic N) is 1. The second-order valence-electron chi connectivity index (χ2n) is 5.09. The van der Waals surface area contributed by atoms with Gasteiger partial charge in [0, 0.05) is 4.92 Å². The fourth-order valence-corrected chi connectivity index (χ4v) is 2.66. The molecule has 3 aromatic carbocycles. The quantitative estimate of drug-likeness (QED) is 0.528. The van der Waals surface area contributed by atoms with E-state index in [1.165, 1.54) is 0 Å². The second kappa shape index (κ2) is 5.75. The molecule has 3 aromatic rings. The minimum atomic E-state index is -0.243. The molecule has 0 aromatic heterocycles. The van der Waals surface area contributed by atoms with E-state index in [0.717, 1.165) is 21.9 Å². The van der Waals surface area contributed by atoms with Crippen LogP contribution in [0.1, 0.15) is 17.0 Å². The molecule has 21 heavy (non-hydrogen) atoms. The summed E-state index contributed by atoms with van der Waals surface area (Å²) in [6.45, 7) is -0.0949. The predicted octanol–water partition coefficient (Wildman–Crippen LogP) is 4.25. The van der Waals surface area contributed by atoms with E-state index < -0.39 is 0 Å². The Morgan fingerprint density at radius 2 is 1.48 bits per heavy atom. The average Bonchev–Trinajstić information content (AvgIpc) is 2.53. The van der Waals surface area contributed by atoms with Gasteiger partial charge in [-0.1, -0.05) is 72.8 Å². The molecule has 0 spiro atoms. The summed E-state index contributed by atoms with van der Waals surface area (Å²) in [6.07, 6.45) is 0. The van der Waals surface area contributed by atoms with Crippen molar-refractivity contribution in [2.75, 3.05) is 6.54 Å². The van der Waals surface area contributed by atoms with Gasteiger partial charge in [-0.2, -0.15) is 0 Å². The van der Waals surface area contributed by atoms with Crippen LogP contribution < -0.4 is 0 Å². The van der Waals surface area contributed by atoms with E-state index in [1.54, 1.807) is 0 Å². The molecule has 1 atom stereocenters. The second-order valence-corrected chi connectivity index (χ2v) is 5.09. The summed E-state index contributed by atoms with van der Waals surface area (Å²) in [5.74, 6) is -0.217. The summed E-state index contributed by atoms with van der Waals surface area (Å²) in [4.78, 5) is 10.8. The Kier molecular flexibility index (Phi) is 3.65. The van der Waals surface area contributed by atoms with Crippen LogP contribution in [-0.4, -0.2) is 11.5 Å². The van der Waals surface area contributed by atoms with Crippen LogP contribution in [0.15, 0.2) is 72.8 Å². The molecule has 0 saturated carbocycles. The maximum Gasteiger partial charge on any atom is 0.214 e. The van der Waals surface area contributed by atoms with E-state index >= 15 is 0 Å². The topological polar surface area (TPSA) is 43.1 Å². The van der Waals surface area contributed by atoms with Crippen molar-refractivity contribution < 1.29 is 4.92 Å². The molecule has 0 aliphatic carbocycles. The maximum atomic E-state index is 11.0. The standard InChI is InChI=1S/C18H15NO2/c20-19(21)13-18(15-7-2-1-3-8-15)17-11-10-14-6-4-5-9-16(14)12-17/h1-12,18H,13H2/t18-/m0/s1.